The van der Waals surface area contributed by atoms with Crippen LogP contribution in [0.5, 0.6) is 0 Å². The van der Waals surface area contributed by atoms with E-state index in [0.29, 0.717) is 13.0 Å². The molecule has 1 heterocycles. The van der Waals surface area contributed by atoms with Gasteiger partial charge in [-0.25, -0.2) is 4.39 Å². The van der Waals surface area contributed by atoms with Crippen LogP contribution < -0.4 is 5.32 Å². The van der Waals surface area contributed by atoms with Crippen LogP contribution in [-0.2, 0) is 4.79 Å². The Morgan fingerprint density at radius 2 is 2.09 bits per heavy atom. The number of rotatable bonds is 6. The zero-order valence-corrected chi connectivity index (χ0v) is 14.0. The van der Waals surface area contributed by atoms with E-state index < -0.39 is 0 Å². The van der Waals surface area contributed by atoms with Gasteiger partial charge in [-0.3, -0.25) is 9.69 Å². The fourth-order valence-electron chi connectivity index (χ4n) is 3.23. The third kappa shape index (κ3) is 5.01. The minimum Gasteiger partial charge on any atom is -0.392 e. The van der Waals surface area contributed by atoms with Gasteiger partial charge in [-0.2, -0.15) is 0 Å². The minimum absolute atomic E-state index is 0.0583. The average Bonchev–Trinajstić information content (AvgIpc) is 2.55. The van der Waals surface area contributed by atoms with E-state index in [1.807, 2.05) is 13.8 Å². The highest BCUT2D eigenvalue weighted by Crippen LogP contribution is 2.21. The summed E-state index contributed by atoms with van der Waals surface area (Å²) in [4.78, 5) is 14.4. The molecule has 3 unspecified atom stereocenters. The second-order valence-corrected chi connectivity index (χ2v) is 6.35. The maximum Gasteiger partial charge on any atom is 0.234 e. The van der Waals surface area contributed by atoms with E-state index in [2.05, 4.69) is 10.2 Å². The van der Waals surface area contributed by atoms with Crippen LogP contribution in [0.3, 0.4) is 0 Å². The van der Waals surface area contributed by atoms with E-state index in [1.165, 1.54) is 12.1 Å². The van der Waals surface area contributed by atoms with Crippen LogP contribution >= 0.6 is 0 Å². The van der Waals surface area contributed by atoms with E-state index in [9.17, 15) is 14.3 Å². The van der Waals surface area contributed by atoms with Crippen molar-refractivity contribution in [1.29, 1.82) is 0 Å². The first-order valence-corrected chi connectivity index (χ1v) is 8.48. The van der Waals surface area contributed by atoms with E-state index >= 15 is 0 Å². The molecule has 0 saturated carbocycles. The van der Waals surface area contributed by atoms with Gasteiger partial charge in [-0.05, 0) is 50.4 Å². The molecule has 0 aliphatic carbocycles. The number of carbonyl (C=O) groups is 1. The molecule has 1 aromatic carbocycles. The molecule has 2 N–H and O–H groups in total. The molecule has 1 aromatic rings. The van der Waals surface area contributed by atoms with Gasteiger partial charge < -0.3 is 10.4 Å². The summed E-state index contributed by atoms with van der Waals surface area (Å²) in [5.74, 6) is -0.339. The van der Waals surface area contributed by atoms with Crippen LogP contribution in [0, 0.1) is 5.82 Å². The molecule has 5 heteroatoms. The number of hydrogen-bond acceptors (Lipinski definition) is 3. The van der Waals surface area contributed by atoms with E-state index in [-0.39, 0.29) is 29.9 Å². The van der Waals surface area contributed by atoms with Gasteiger partial charge in [0.05, 0.1) is 18.7 Å². The first-order valence-electron chi connectivity index (χ1n) is 8.48. The van der Waals surface area contributed by atoms with Gasteiger partial charge in [-0.1, -0.05) is 25.5 Å². The predicted molar refractivity (Wildman–Crippen MR) is 88.5 cm³/mol. The van der Waals surface area contributed by atoms with Crippen LogP contribution in [0.25, 0.3) is 0 Å². The van der Waals surface area contributed by atoms with Crippen molar-refractivity contribution in [2.75, 3.05) is 13.1 Å². The summed E-state index contributed by atoms with van der Waals surface area (Å²) in [5.41, 5.74) is 0.878. The zero-order valence-electron chi connectivity index (χ0n) is 14.0. The highest BCUT2D eigenvalue weighted by atomic mass is 19.1. The Morgan fingerprint density at radius 3 is 2.74 bits per heavy atom. The molecule has 0 spiro atoms. The van der Waals surface area contributed by atoms with Crippen molar-refractivity contribution in [2.24, 2.45) is 0 Å². The number of nitrogens with one attached hydrogen (secondary N) is 1. The molecule has 1 aliphatic rings. The summed E-state index contributed by atoms with van der Waals surface area (Å²) >= 11 is 0. The topological polar surface area (TPSA) is 52.6 Å². The number of aliphatic hydroxyl groups is 1. The lowest BCUT2D eigenvalue weighted by Gasteiger charge is -2.38. The van der Waals surface area contributed by atoms with Crippen molar-refractivity contribution < 1.29 is 14.3 Å². The van der Waals surface area contributed by atoms with Crippen LogP contribution in [0.15, 0.2) is 24.3 Å². The number of likely N-dealkylation sites (tertiary alicyclic amines) is 1. The van der Waals surface area contributed by atoms with Gasteiger partial charge in [0.1, 0.15) is 5.82 Å². The quantitative estimate of drug-likeness (QED) is 0.846. The highest BCUT2D eigenvalue weighted by molar-refractivity contribution is 5.78. The number of benzene rings is 1. The first kappa shape index (κ1) is 17.9. The lowest BCUT2D eigenvalue weighted by atomic mass is 9.96. The fraction of sp³-hybridized carbons (Fsp3) is 0.611. The Morgan fingerprint density at radius 1 is 1.39 bits per heavy atom. The number of piperidine rings is 1. The second-order valence-electron chi connectivity index (χ2n) is 6.35. The number of halogens is 1. The van der Waals surface area contributed by atoms with Gasteiger partial charge in [0.25, 0.3) is 0 Å². The standard InChI is InChI=1S/C18H27FN2O2/c1-3-17(22)16-6-4-5-11-21(16)12-18(23)20-13(2)14-7-9-15(19)10-8-14/h7-10,13,16-17,22H,3-6,11-12H2,1-2H3,(H,20,23). The molecule has 2 rings (SSSR count). The Labute approximate surface area is 137 Å². The number of carbonyl (C=O) groups excluding carboxylic acids is 1. The summed E-state index contributed by atoms with van der Waals surface area (Å²) in [5, 5.41) is 13.1. The summed E-state index contributed by atoms with van der Waals surface area (Å²) in [7, 11) is 0. The molecule has 128 valence electrons. The van der Waals surface area contributed by atoms with Crippen LogP contribution in [0.2, 0.25) is 0 Å². The Balaban J connectivity index is 1.91. The van der Waals surface area contributed by atoms with Gasteiger partial charge >= 0.3 is 0 Å². The largest absolute Gasteiger partial charge is 0.392 e. The van der Waals surface area contributed by atoms with Gasteiger partial charge in [0, 0.05) is 6.04 Å². The zero-order chi connectivity index (χ0) is 16.8. The van der Waals surface area contributed by atoms with Crippen molar-refractivity contribution in [3.8, 4) is 0 Å². The molecule has 4 nitrogen and oxygen atoms in total. The first-order chi connectivity index (χ1) is 11.0. The molecular formula is C18H27FN2O2. The van der Waals surface area contributed by atoms with E-state index in [4.69, 9.17) is 0 Å². The average molecular weight is 322 g/mol. The third-order valence-electron chi connectivity index (χ3n) is 4.62. The molecule has 23 heavy (non-hydrogen) atoms. The van der Waals surface area contributed by atoms with Crippen LogP contribution in [0.4, 0.5) is 4.39 Å². The van der Waals surface area contributed by atoms with Crippen molar-refractivity contribution in [1.82, 2.24) is 10.2 Å². The molecule has 0 bridgehead atoms. The Kier molecular flexibility index (Phi) is 6.54. The summed E-state index contributed by atoms with van der Waals surface area (Å²) in [6.07, 6.45) is 3.43. The number of aliphatic hydroxyl groups excluding tert-OH is 1. The van der Waals surface area contributed by atoms with Gasteiger partial charge in [0.15, 0.2) is 0 Å². The maximum atomic E-state index is 13.0. The smallest absolute Gasteiger partial charge is 0.234 e. The van der Waals surface area contributed by atoms with Crippen molar-refractivity contribution in [2.45, 2.75) is 57.7 Å². The van der Waals surface area contributed by atoms with Crippen molar-refractivity contribution in [3.63, 3.8) is 0 Å². The van der Waals surface area contributed by atoms with Crippen molar-refractivity contribution in [3.05, 3.63) is 35.6 Å². The maximum absolute atomic E-state index is 13.0. The van der Waals surface area contributed by atoms with E-state index in [1.54, 1.807) is 12.1 Å². The monoisotopic (exact) mass is 322 g/mol. The molecular weight excluding hydrogens is 295 g/mol. The molecule has 0 radical (unpaired) electrons. The second kappa shape index (κ2) is 8.41. The summed E-state index contributed by atoms with van der Waals surface area (Å²) in [6, 6.07) is 6.07. The van der Waals surface area contributed by atoms with Crippen molar-refractivity contribution >= 4 is 5.91 Å². The third-order valence-corrected chi connectivity index (χ3v) is 4.62. The fourth-order valence-corrected chi connectivity index (χ4v) is 3.23. The SMILES string of the molecule is CCC(O)C1CCCCN1CC(=O)NC(C)c1ccc(F)cc1. The lowest BCUT2D eigenvalue weighted by molar-refractivity contribution is -0.124. The number of amides is 1. The van der Waals surface area contributed by atoms with Gasteiger partial charge in [0.2, 0.25) is 5.91 Å². The summed E-state index contributed by atoms with van der Waals surface area (Å²) < 4.78 is 13.0. The molecule has 1 aliphatic heterocycles. The van der Waals surface area contributed by atoms with Gasteiger partial charge in [-0.15, -0.1) is 0 Å². The molecule has 1 amide bonds. The molecule has 1 saturated heterocycles. The Bertz CT molecular complexity index is 506. The normalized spacial score (nSPS) is 21.7. The van der Waals surface area contributed by atoms with Crippen LogP contribution in [-0.4, -0.2) is 41.1 Å². The summed E-state index contributed by atoms with van der Waals surface area (Å²) in [6.45, 7) is 5.00. The molecule has 1 fully saturated rings. The lowest BCUT2D eigenvalue weighted by Crippen LogP contribution is -2.50. The molecule has 3 atom stereocenters. The number of hydrogen-bond donors (Lipinski definition) is 2. The molecule has 0 aromatic heterocycles. The Hall–Kier alpha value is -1.46. The highest BCUT2D eigenvalue weighted by Gasteiger charge is 2.29. The van der Waals surface area contributed by atoms with E-state index in [0.717, 1.165) is 31.4 Å². The predicted octanol–water partition coefficient (Wildman–Crippen LogP) is 2.63. The van der Waals surface area contributed by atoms with Crippen LogP contribution in [0.1, 0.15) is 51.1 Å². The minimum atomic E-state index is -0.377. The number of nitrogens with zero attached hydrogens (tertiary/aromatic N) is 1.